The van der Waals surface area contributed by atoms with Crippen molar-refractivity contribution in [3.05, 3.63) is 59.1 Å². The van der Waals surface area contributed by atoms with Crippen molar-refractivity contribution < 1.29 is 14.3 Å². The molecule has 25 heavy (non-hydrogen) atoms. The lowest BCUT2D eigenvalue weighted by molar-refractivity contribution is -0.127. The molecule has 0 bridgehead atoms. The van der Waals surface area contributed by atoms with E-state index in [1.807, 2.05) is 24.3 Å². The fourth-order valence-corrected chi connectivity index (χ4v) is 2.45. The molecule has 2 rings (SSSR count). The molecule has 0 saturated carbocycles. The lowest BCUT2D eigenvalue weighted by atomic mass is 10.0. The maximum atomic E-state index is 12.2. The summed E-state index contributed by atoms with van der Waals surface area (Å²) in [4.78, 5) is 12.2. The van der Waals surface area contributed by atoms with Crippen LogP contribution in [0.1, 0.15) is 32.3 Å². The summed E-state index contributed by atoms with van der Waals surface area (Å²) < 4.78 is 11.4. The summed E-state index contributed by atoms with van der Waals surface area (Å²) in [7, 11) is 0. The summed E-state index contributed by atoms with van der Waals surface area (Å²) in [5.74, 6) is 1.63. The SMILES string of the molecule is CC(C)c1ccccc1O[C@@H](C)C(=O)NCCOc1ccc(Cl)cc1. The van der Waals surface area contributed by atoms with Crippen LogP contribution in [0.3, 0.4) is 0 Å². The van der Waals surface area contributed by atoms with Crippen LogP contribution in [0.2, 0.25) is 5.02 Å². The van der Waals surface area contributed by atoms with Crippen molar-refractivity contribution in [1.29, 1.82) is 0 Å². The zero-order chi connectivity index (χ0) is 18.2. The third-order valence-corrected chi connectivity index (χ3v) is 3.95. The van der Waals surface area contributed by atoms with Crippen molar-refractivity contribution in [2.24, 2.45) is 0 Å². The Morgan fingerprint density at radius 3 is 2.44 bits per heavy atom. The average molecular weight is 362 g/mol. The Morgan fingerprint density at radius 2 is 1.76 bits per heavy atom. The quantitative estimate of drug-likeness (QED) is 0.708. The number of ether oxygens (including phenoxy) is 2. The predicted molar refractivity (Wildman–Crippen MR) is 101 cm³/mol. The van der Waals surface area contributed by atoms with Crippen LogP contribution < -0.4 is 14.8 Å². The number of hydrogen-bond acceptors (Lipinski definition) is 3. The highest BCUT2D eigenvalue weighted by Crippen LogP contribution is 2.26. The van der Waals surface area contributed by atoms with Gasteiger partial charge >= 0.3 is 0 Å². The first-order chi connectivity index (χ1) is 12.0. The van der Waals surface area contributed by atoms with Crippen LogP contribution in [0, 0.1) is 0 Å². The Hall–Kier alpha value is -2.20. The molecule has 2 aromatic rings. The van der Waals surface area contributed by atoms with Gasteiger partial charge in [-0.25, -0.2) is 0 Å². The number of rotatable bonds is 8. The molecule has 0 spiro atoms. The van der Waals surface area contributed by atoms with E-state index in [0.29, 0.717) is 29.8 Å². The second kappa shape index (κ2) is 9.33. The summed E-state index contributed by atoms with van der Waals surface area (Å²) >= 11 is 5.82. The fraction of sp³-hybridized carbons (Fsp3) is 0.350. The first-order valence-electron chi connectivity index (χ1n) is 8.39. The number of halogens is 1. The summed E-state index contributed by atoms with van der Waals surface area (Å²) in [5.41, 5.74) is 1.09. The molecule has 5 heteroatoms. The largest absolute Gasteiger partial charge is 0.492 e. The van der Waals surface area contributed by atoms with Crippen molar-refractivity contribution in [2.75, 3.05) is 13.2 Å². The van der Waals surface area contributed by atoms with Gasteiger partial charge in [-0.2, -0.15) is 0 Å². The van der Waals surface area contributed by atoms with Gasteiger partial charge < -0.3 is 14.8 Å². The molecule has 4 nitrogen and oxygen atoms in total. The number of amides is 1. The number of hydrogen-bond donors (Lipinski definition) is 1. The average Bonchev–Trinajstić information content (AvgIpc) is 2.60. The van der Waals surface area contributed by atoms with Gasteiger partial charge in [-0.3, -0.25) is 4.79 Å². The Bertz CT molecular complexity index is 686. The van der Waals surface area contributed by atoms with Crippen molar-refractivity contribution in [3.8, 4) is 11.5 Å². The van der Waals surface area contributed by atoms with E-state index in [1.54, 1.807) is 31.2 Å². The molecule has 0 heterocycles. The van der Waals surface area contributed by atoms with Crippen molar-refractivity contribution >= 4 is 17.5 Å². The molecule has 134 valence electrons. The van der Waals surface area contributed by atoms with Crippen LogP contribution in [0.25, 0.3) is 0 Å². The smallest absolute Gasteiger partial charge is 0.260 e. The van der Waals surface area contributed by atoms with E-state index in [0.717, 1.165) is 11.3 Å². The molecule has 0 aromatic heterocycles. The van der Waals surface area contributed by atoms with Gasteiger partial charge in [0.15, 0.2) is 6.10 Å². The van der Waals surface area contributed by atoms with Gasteiger partial charge in [0, 0.05) is 5.02 Å². The van der Waals surface area contributed by atoms with Crippen molar-refractivity contribution in [1.82, 2.24) is 5.32 Å². The van der Waals surface area contributed by atoms with Crippen LogP contribution >= 0.6 is 11.6 Å². The molecular weight excluding hydrogens is 338 g/mol. The highest BCUT2D eigenvalue weighted by atomic mass is 35.5. The van der Waals surface area contributed by atoms with E-state index in [9.17, 15) is 4.79 Å². The minimum atomic E-state index is -0.574. The standard InChI is InChI=1S/C20H24ClNO3/c1-14(2)18-6-4-5-7-19(18)25-15(3)20(23)22-12-13-24-17-10-8-16(21)9-11-17/h4-11,14-15H,12-13H2,1-3H3,(H,22,23)/t15-/m0/s1. The highest BCUT2D eigenvalue weighted by Gasteiger charge is 2.16. The fourth-order valence-electron chi connectivity index (χ4n) is 2.33. The van der Waals surface area contributed by atoms with Crippen LogP contribution in [0.15, 0.2) is 48.5 Å². The molecule has 1 amide bonds. The molecule has 1 N–H and O–H groups in total. The summed E-state index contributed by atoms with van der Waals surface area (Å²) in [5, 5.41) is 3.48. The van der Waals surface area contributed by atoms with Crippen LogP contribution in [-0.4, -0.2) is 25.2 Å². The zero-order valence-electron chi connectivity index (χ0n) is 14.8. The van der Waals surface area contributed by atoms with Gasteiger partial charge in [0.2, 0.25) is 0 Å². The molecule has 0 saturated heterocycles. The summed E-state index contributed by atoms with van der Waals surface area (Å²) in [6.07, 6.45) is -0.574. The second-order valence-corrected chi connectivity index (χ2v) is 6.48. The van der Waals surface area contributed by atoms with Crippen LogP contribution in [0.5, 0.6) is 11.5 Å². The van der Waals surface area contributed by atoms with E-state index >= 15 is 0 Å². The molecule has 0 aliphatic heterocycles. The Balaban J connectivity index is 1.78. The van der Waals surface area contributed by atoms with E-state index in [4.69, 9.17) is 21.1 Å². The monoisotopic (exact) mass is 361 g/mol. The van der Waals surface area contributed by atoms with Gasteiger partial charge in [-0.05, 0) is 48.7 Å². The van der Waals surface area contributed by atoms with Crippen molar-refractivity contribution in [3.63, 3.8) is 0 Å². The molecule has 2 aromatic carbocycles. The number of benzene rings is 2. The molecule has 0 radical (unpaired) electrons. The molecule has 0 fully saturated rings. The van der Waals surface area contributed by atoms with Crippen LogP contribution in [-0.2, 0) is 4.79 Å². The van der Waals surface area contributed by atoms with Gasteiger partial charge in [0.25, 0.3) is 5.91 Å². The summed E-state index contributed by atoms with van der Waals surface area (Å²) in [6, 6.07) is 14.9. The minimum absolute atomic E-state index is 0.168. The number of carbonyl (C=O) groups excluding carboxylic acids is 1. The van der Waals surface area contributed by atoms with Gasteiger partial charge in [-0.15, -0.1) is 0 Å². The van der Waals surface area contributed by atoms with Crippen molar-refractivity contribution in [2.45, 2.75) is 32.8 Å². The lowest BCUT2D eigenvalue weighted by Crippen LogP contribution is -2.38. The maximum absolute atomic E-state index is 12.2. The van der Waals surface area contributed by atoms with Crippen LogP contribution in [0.4, 0.5) is 0 Å². The zero-order valence-corrected chi connectivity index (χ0v) is 15.5. The first kappa shape index (κ1) is 19.1. The van der Waals surface area contributed by atoms with E-state index in [-0.39, 0.29) is 5.91 Å². The lowest BCUT2D eigenvalue weighted by Gasteiger charge is -2.18. The first-order valence-corrected chi connectivity index (χ1v) is 8.77. The normalized spacial score (nSPS) is 11.9. The Kier molecular flexibility index (Phi) is 7.14. The third-order valence-electron chi connectivity index (χ3n) is 3.70. The predicted octanol–water partition coefficient (Wildman–Crippen LogP) is 4.43. The van der Waals surface area contributed by atoms with Gasteiger partial charge in [0.1, 0.15) is 18.1 Å². The van der Waals surface area contributed by atoms with Gasteiger partial charge in [0.05, 0.1) is 6.54 Å². The van der Waals surface area contributed by atoms with E-state index in [1.165, 1.54) is 0 Å². The molecule has 1 atom stereocenters. The molecule has 0 aliphatic carbocycles. The number of carbonyl (C=O) groups is 1. The Morgan fingerprint density at radius 1 is 1.08 bits per heavy atom. The second-order valence-electron chi connectivity index (χ2n) is 6.05. The maximum Gasteiger partial charge on any atom is 0.260 e. The third kappa shape index (κ3) is 5.98. The highest BCUT2D eigenvalue weighted by molar-refractivity contribution is 6.30. The number of para-hydroxylation sites is 1. The topological polar surface area (TPSA) is 47.6 Å². The Labute approximate surface area is 154 Å². The minimum Gasteiger partial charge on any atom is -0.492 e. The van der Waals surface area contributed by atoms with E-state index in [2.05, 4.69) is 19.2 Å². The molecular formula is C20H24ClNO3. The summed E-state index contributed by atoms with van der Waals surface area (Å²) in [6.45, 7) is 6.72. The molecule has 0 aliphatic rings. The van der Waals surface area contributed by atoms with Gasteiger partial charge in [-0.1, -0.05) is 43.6 Å². The number of nitrogens with one attached hydrogen (secondary N) is 1. The molecule has 0 unspecified atom stereocenters. The van der Waals surface area contributed by atoms with E-state index < -0.39 is 6.10 Å².